The quantitative estimate of drug-likeness (QED) is 0.130. The fourth-order valence-electron chi connectivity index (χ4n) is 6.41. The first-order valence-electron chi connectivity index (χ1n) is 17.1. The molecule has 0 aromatic heterocycles. The molecule has 0 radical (unpaired) electrons. The van der Waals surface area contributed by atoms with Crippen molar-refractivity contribution in [1.82, 2.24) is 10.2 Å². The molecule has 0 spiro atoms. The van der Waals surface area contributed by atoms with E-state index in [2.05, 4.69) is 5.32 Å². The highest BCUT2D eigenvalue weighted by atomic mass is 35.5. The van der Waals surface area contributed by atoms with Crippen molar-refractivity contribution < 1.29 is 32.2 Å². The van der Waals surface area contributed by atoms with E-state index >= 15 is 0 Å². The van der Waals surface area contributed by atoms with Crippen LogP contribution in [0.3, 0.4) is 0 Å². The third kappa shape index (κ3) is 9.89. The maximum absolute atomic E-state index is 15.0. The third-order valence-corrected chi connectivity index (χ3v) is 11.9. The summed E-state index contributed by atoms with van der Waals surface area (Å²) >= 11 is 19.1. The summed E-state index contributed by atoms with van der Waals surface area (Å²) in [6.45, 7) is -0.807. The van der Waals surface area contributed by atoms with Crippen LogP contribution >= 0.6 is 34.8 Å². The fourth-order valence-corrected chi connectivity index (χ4v) is 8.33. The molecule has 1 N–H and O–H groups in total. The highest BCUT2D eigenvalue weighted by molar-refractivity contribution is 7.92. The van der Waals surface area contributed by atoms with E-state index in [9.17, 15) is 18.0 Å². The van der Waals surface area contributed by atoms with Gasteiger partial charge < -0.3 is 24.4 Å². The Bertz CT molecular complexity index is 2010. The van der Waals surface area contributed by atoms with Crippen molar-refractivity contribution >= 4 is 62.3 Å². The average molecular weight is 803 g/mol. The molecule has 4 aromatic rings. The van der Waals surface area contributed by atoms with Crippen LogP contribution in [0.4, 0.5) is 5.69 Å². The molecule has 0 bridgehead atoms. The molecule has 1 aliphatic carbocycles. The lowest BCUT2D eigenvalue weighted by Crippen LogP contribution is -2.55. The molecule has 0 heterocycles. The van der Waals surface area contributed by atoms with Crippen LogP contribution in [0.25, 0.3) is 0 Å². The SMILES string of the molecule is COc1ccc(S(=O)(=O)N(CC(=O)N(Cc2ccc(Cl)c(Cl)c2)[C@@H](Cc2ccccc2)C(=O)NC2CCCCC2)c2cc(Cl)ccc2OC)cc1OC. The topological polar surface area (TPSA) is 114 Å². The maximum atomic E-state index is 15.0. The average Bonchev–Trinajstić information content (AvgIpc) is 3.16. The number of benzene rings is 4. The summed E-state index contributed by atoms with van der Waals surface area (Å²) in [5.41, 5.74) is 1.42. The Labute approximate surface area is 325 Å². The molecular weight excluding hydrogens is 761 g/mol. The summed E-state index contributed by atoms with van der Waals surface area (Å²) in [5, 5.41) is 4.00. The second kappa shape index (κ2) is 18.2. The smallest absolute Gasteiger partial charge is 0.265 e. The van der Waals surface area contributed by atoms with Gasteiger partial charge in [-0.25, -0.2) is 8.42 Å². The number of hydrogen-bond donors (Lipinski definition) is 1. The van der Waals surface area contributed by atoms with Crippen molar-refractivity contribution in [2.24, 2.45) is 0 Å². The minimum Gasteiger partial charge on any atom is -0.495 e. The Hall–Kier alpha value is -4.16. The molecule has 0 unspecified atom stereocenters. The maximum Gasteiger partial charge on any atom is 0.265 e. The van der Waals surface area contributed by atoms with E-state index in [0.717, 1.165) is 42.0 Å². The van der Waals surface area contributed by atoms with E-state index in [4.69, 9.17) is 49.0 Å². The largest absolute Gasteiger partial charge is 0.495 e. The lowest BCUT2D eigenvalue weighted by Gasteiger charge is -2.35. The molecular formula is C39H42Cl3N3O7S. The Morgan fingerprint density at radius 2 is 1.45 bits per heavy atom. The van der Waals surface area contributed by atoms with Gasteiger partial charge in [-0.1, -0.05) is 90.5 Å². The molecule has 5 rings (SSSR count). The number of ether oxygens (including phenoxy) is 3. The number of hydrogen-bond acceptors (Lipinski definition) is 7. The predicted molar refractivity (Wildman–Crippen MR) is 208 cm³/mol. The van der Waals surface area contributed by atoms with E-state index in [1.807, 2.05) is 30.3 Å². The van der Waals surface area contributed by atoms with Crippen LogP contribution in [-0.4, -0.2) is 65.1 Å². The summed E-state index contributed by atoms with van der Waals surface area (Å²) in [6.07, 6.45) is 4.90. The molecule has 1 aliphatic rings. The number of sulfonamides is 1. The van der Waals surface area contributed by atoms with Crippen molar-refractivity contribution in [3.8, 4) is 17.2 Å². The lowest BCUT2D eigenvalue weighted by molar-refractivity contribution is -0.140. The summed E-state index contributed by atoms with van der Waals surface area (Å²) in [4.78, 5) is 30.6. The van der Waals surface area contributed by atoms with Gasteiger partial charge in [-0.3, -0.25) is 13.9 Å². The van der Waals surface area contributed by atoms with E-state index in [0.29, 0.717) is 16.3 Å². The molecule has 0 saturated heterocycles. The number of nitrogens with one attached hydrogen (secondary N) is 1. The molecule has 1 saturated carbocycles. The summed E-state index contributed by atoms with van der Waals surface area (Å²) in [6, 6.07) is 21.8. The number of methoxy groups -OCH3 is 3. The van der Waals surface area contributed by atoms with Crippen molar-refractivity contribution in [1.29, 1.82) is 0 Å². The van der Waals surface area contributed by atoms with Gasteiger partial charge in [-0.2, -0.15) is 0 Å². The van der Waals surface area contributed by atoms with Gasteiger partial charge in [0.1, 0.15) is 18.3 Å². The molecule has 2 amide bonds. The summed E-state index contributed by atoms with van der Waals surface area (Å²) in [5.74, 6) is -0.375. The molecule has 4 aromatic carbocycles. The molecule has 53 heavy (non-hydrogen) atoms. The zero-order chi connectivity index (χ0) is 38.1. The zero-order valence-electron chi connectivity index (χ0n) is 29.7. The highest BCUT2D eigenvalue weighted by Crippen LogP contribution is 2.37. The molecule has 10 nitrogen and oxygen atoms in total. The van der Waals surface area contributed by atoms with Gasteiger partial charge in [-0.05, 0) is 66.4 Å². The molecule has 0 aliphatic heterocycles. The van der Waals surface area contributed by atoms with Gasteiger partial charge in [0, 0.05) is 30.1 Å². The Morgan fingerprint density at radius 1 is 0.774 bits per heavy atom. The monoisotopic (exact) mass is 801 g/mol. The Kier molecular flexibility index (Phi) is 13.8. The highest BCUT2D eigenvalue weighted by Gasteiger charge is 2.37. The Balaban J connectivity index is 1.64. The fraction of sp³-hybridized carbons (Fsp3) is 0.333. The first-order chi connectivity index (χ1) is 25.4. The number of nitrogens with zero attached hydrogens (tertiary/aromatic N) is 2. The second-order valence-electron chi connectivity index (χ2n) is 12.7. The number of anilines is 1. The second-order valence-corrected chi connectivity index (χ2v) is 15.8. The minimum absolute atomic E-state index is 0.0175. The van der Waals surface area contributed by atoms with Crippen LogP contribution < -0.4 is 23.8 Å². The zero-order valence-corrected chi connectivity index (χ0v) is 32.8. The van der Waals surface area contributed by atoms with Crippen LogP contribution in [0, 0.1) is 0 Å². The van der Waals surface area contributed by atoms with Crippen molar-refractivity contribution in [2.45, 2.75) is 62.0 Å². The van der Waals surface area contributed by atoms with Crippen LogP contribution in [0.2, 0.25) is 15.1 Å². The number of carbonyl (C=O) groups is 2. The predicted octanol–water partition coefficient (Wildman–Crippen LogP) is 7.96. The lowest BCUT2D eigenvalue weighted by atomic mass is 9.94. The van der Waals surface area contributed by atoms with Gasteiger partial charge in [0.25, 0.3) is 10.0 Å². The van der Waals surface area contributed by atoms with Crippen LogP contribution in [-0.2, 0) is 32.6 Å². The van der Waals surface area contributed by atoms with E-state index in [1.165, 1.54) is 56.6 Å². The molecule has 1 atom stereocenters. The van der Waals surface area contributed by atoms with Gasteiger partial charge in [0.05, 0.1) is 42.0 Å². The number of amides is 2. The van der Waals surface area contributed by atoms with Crippen LogP contribution in [0.1, 0.15) is 43.2 Å². The van der Waals surface area contributed by atoms with Gasteiger partial charge in [0.2, 0.25) is 11.8 Å². The van der Waals surface area contributed by atoms with E-state index < -0.39 is 28.5 Å². The van der Waals surface area contributed by atoms with E-state index in [-0.39, 0.29) is 57.0 Å². The van der Waals surface area contributed by atoms with Crippen LogP contribution in [0.5, 0.6) is 17.2 Å². The van der Waals surface area contributed by atoms with Gasteiger partial charge >= 0.3 is 0 Å². The van der Waals surface area contributed by atoms with Crippen molar-refractivity contribution in [3.63, 3.8) is 0 Å². The van der Waals surface area contributed by atoms with Crippen molar-refractivity contribution in [3.05, 3.63) is 111 Å². The van der Waals surface area contributed by atoms with Crippen LogP contribution in [0.15, 0.2) is 89.8 Å². The first-order valence-corrected chi connectivity index (χ1v) is 19.7. The summed E-state index contributed by atoms with van der Waals surface area (Å²) < 4.78 is 46.6. The third-order valence-electron chi connectivity index (χ3n) is 9.19. The standard InChI is InChI=1S/C39H42Cl3N3O7S/c1-50-35-18-15-28(40)22-33(35)45(53(48,49)30-16-19-36(51-2)37(23-30)52-3)25-38(46)44(24-27-14-17-31(41)32(42)20-27)34(21-26-10-6-4-7-11-26)39(47)43-29-12-8-5-9-13-29/h4,6-7,10-11,14-20,22-23,29,34H,5,8-9,12-13,21,24-25H2,1-3H3,(H,43,47)/t34-/m0/s1. The number of carbonyl (C=O) groups excluding carboxylic acids is 2. The van der Waals surface area contributed by atoms with Gasteiger partial charge in [0.15, 0.2) is 11.5 Å². The normalized spacial score (nSPS) is 13.8. The van der Waals surface area contributed by atoms with E-state index in [1.54, 1.807) is 24.3 Å². The van der Waals surface area contributed by atoms with Gasteiger partial charge in [-0.15, -0.1) is 0 Å². The number of rotatable bonds is 15. The molecule has 282 valence electrons. The minimum atomic E-state index is -4.53. The van der Waals surface area contributed by atoms with Crippen molar-refractivity contribution in [2.75, 3.05) is 32.2 Å². The first kappa shape index (κ1) is 40.0. The Morgan fingerprint density at radius 3 is 2.11 bits per heavy atom. The summed E-state index contributed by atoms with van der Waals surface area (Å²) in [7, 11) is -0.315. The molecule has 14 heteroatoms. The molecule has 1 fully saturated rings. The number of halogens is 3.